The van der Waals surface area contributed by atoms with Crippen molar-refractivity contribution in [3.8, 4) is 0 Å². The predicted molar refractivity (Wildman–Crippen MR) is 113 cm³/mol. The van der Waals surface area contributed by atoms with Gasteiger partial charge in [-0.25, -0.2) is 13.4 Å². The monoisotopic (exact) mass is 432 g/mol. The van der Waals surface area contributed by atoms with Crippen molar-refractivity contribution in [2.24, 2.45) is 0 Å². The number of imidazole rings is 1. The standard InChI is InChI=1S/C20H24N4O5S/c1-3-29-14-6-13-24-18-8-5-4-7-17(18)21-20(24)22-19(25)15-9-11-16(12-10-15)30(26,27)23-28-2/h4-5,7-12,23H,3,6,13-14H2,1-2H3,(H,21,22,25). The number of anilines is 1. The minimum Gasteiger partial charge on any atom is -0.382 e. The minimum atomic E-state index is -3.78. The molecule has 3 aromatic rings. The topological polar surface area (TPSA) is 112 Å². The van der Waals surface area contributed by atoms with Crippen LogP contribution in [0, 0.1) is 0 Å². The first kappa shape index (κ1) is 21.9. The van der Waals surface area contributed by atoms with Gasteiger partial charge in [-0.15, -0.1) is 0 Å². The molecule has 160 valence electrons. The number of nitrogens with one attached hydrogen (secondary N) is 2. The molecular weight excluding hydrogens is 408 g/mol. The number of rotatable bonds is 10. The fourth-order valence-electron chi connectivity index (χ4n) is 2.98. The summed E-state index contributed by atoms with van der Waals surface area (Å²) in [5.74, 6) is 0.0375. The third kappa shape index (κ3) is 5.03. The van der Waals surface area contributed by atoms with E-state index in [9.17, 15) is 13.2 Å². The molecule has 2 N–H and O–H groups in total. The number of hydrogen-bond donors (Lipinski definition) is 2. The molecule has 10 heteroatoms. The quantitative estimate of drug-likeness (QED) is 0.376. The predicted octanol–water partition coefficient (Wildman–Crippen LogP) is 2.55. The molecule has 0 bridgehead atoms. The maximum absolute atomic E-state index is 12.7. The normalized spacial score (nSPS) is 11.7. The molecule has 0 spiro atoms. The largest absolute Gasteiger partial charge is 0.382 e. The third-order valence-electron chi connectivity index (χ3n) is 4.37. The van der Waals surface area contributed by atoms with E-state index >= 15 is 0 Å². The highest BCUT2D eigenvalue weighted by Crippen LogP contribution is 2.21. The first-order chi connectivity index (χ1) is 14.5. The number of aromatic nitrogens is 2. The highest BCUT2D eigenvalue weighted by atomic mass is 32.2. The number of sulfonamides is 1. The SMILES string of the molecule is CCOCCCn1c(NC(=O)c2ccc(S(=O)(=O)NOC)cc2)nc2ccccc21. The zero-order valence-electron chi connectivity index (χ0n) is 16.8. The summed E-state index contributed by atoms with van der Waals surface area (Å²) in [4.78, 5) is 23.6. The molecule has 0 fully saturated rings. The van der Waals surface area contributed by atoms with E-state index in [2.05, 4.69) is 15.1 Å². The summed E-state index contributed by atoms with van der Waals surface area (Å²) in [6.45, 7) is 3.85. The van der Waals surface area contributed by atoms with E-state index in [0.717, 1.165) is 17.5 Å². The Labute approximate surface area is 175 Å². The molecule has 3 rings (SSSR count). The Hall–Kier alpha value is -2.79. The maximum atomic E-state index is 12.7. The van der Waals surface area contributed by atoms with E-state index in [4.69, 9.17) is 4.74 Å². The van der Waals surface area contributed by atoms with Gasteiger partial charge >= 0.3 is 0 Å². The van der Waals surface area contributed by atoms with E-state index in [1.165, 1.54) is 31.4 Å². The van der Waals surface area contributed by atoms with Crippen LogP contribution in [-0.4, -0.2) is 44.2 Å². The molecule has 0 saturated carbocycles. The number of nitrogens with zero attached hydrogens (tertiary/aromatic N) is 2. The average molecular weight is 433 g/mol. The second kappa shape index (κ2) is 9.81. The number of benzene rings is 2. The van der Waals surface area contributed by atoms with Crippen molar-refractivity contribution in [2.75, 3.05) is 25.6 Å². The number of carbonyl (C=O) groups excluding carboxylic acids is 1. The second-order valence-corrected chi connectivity index (χ2v) is 8.04. The Morgan fingerprint density at radius 2 is 1.87 bits per heavy atom. The summed E-state index contributed by atoms with van der Waals surface area (Å²) in [6, 6.07) is 13.2. The molecule has 2 aromatic carbocycles. The fourth-order valence-corrected chi connectivity index (χ4v) is 3.79. The Bertz CT molecular complexity index is 1110. The number of aryl methyl sites for hydroxylation is 1. The highest BCUT2D eigenvalue weighted by Gasteiger charge is 2.17. The molecular formula is C20H24N4O5S. The summed E-state index contributed by atoms with van der Waals surface area (Å²) in [5.41, 5.74) is 1.99. The number of fused-ring (bicyclic) bond motifs is 1. The van der Waals surface area contributed by atoms with Gasteiger partial charge in [-0.1, -0.05) is 17.0 Å². The van der Waals surface area contributed by atoms with Crippen LogP contribution in [0.2, 0.25) is 0 Å². The lowest BCUT2D eigenvalue weighted by Crippen LogP contribution is -2.22. The van der Waals surface area contributed by atoms with Gasteiger partial charge in [-0.2, -0.15) is 0 Å². The Morgan fingerprint density at radius 1 is 1.13 bits per heavy atom. The summed E-state index contributed by atoms with van der Waals surface area (Å²) in [7, 11) is -2.57. The molecule has 1 heterocycles. The first-order valence-electron chi connectivity index (χ1n) is 9.45. The smallest absolute Gasteiger partial charge is 0.262 e. The zero-order chi connectivity index (χ0) is 21.6. The van der Waals surface area contributed by atoms with Crippen molar-refractivity contribution in [1.82, 2.24) is 14.4 Å². The Kier molecular flexibility index (Phi) is 7.16. The van der Waals surface area contributed by atoms with Crippen LogP contribution in [-0.2, 0) is 26.1 Å². The lowest BCUT2D eigenvalue weighted by molar-refractivity contribution is 0.102. The van der Waals surface area contributed by atoms with Crippen molar-refractivity contribution in [3.63, 3.8) is 0 Å². The molecule has 1 aromatic heterocycles. The lowest BCUT2D eigenvalue weighted by Gasteiger charge is -2.11. The van der Waals surface area contributed by atoms with Crippen molar-refractivity contribution >= 4 is 32.9 Å². The van der Waals surface area contributed by atoms with Crippen molar-refractivity contribution < 1.29 is 22.8 Å². The summed E-state index contributed by atoms with van der Waals surface area (Å²) in [6.07, 6.45) is 0.774. The molecule has 9 nitrogen and oxygen atoms in total. The van der Waals surface area contributed by atoms with Gasteiger partial charge in [0.1, 0.15) is 0 Å². The van der Waals surface area contributed by atoms with Gasteiger partial charge in [0.2, 0.25) is 5.95 Å². The van der Waals surface area contributed by atoms with E-state index in [-0.39, 0.29) is 10.8 Å². The molecule has 0 atom stereocenters. The van der Waals surface area contributed by atoms with Crippen LogP contribution in [0.5, 0.6) is 0 Å². The van der Waals surface area contributed by atoms with Gasteiger partial charge in [0.15, 0.2) is 0 Å². The molecule has 0 unspecified atom stereocenters. The van der Waals surface area contributed by atoms with Gasteiger partial charge in [-0.05, 0) is 49.7 Å². The Balaban J connectivity index is 1.80. The number of amides is 1. The minimum absolute atomic E-state index is 0.0101. The second-order valence-electron chi connectivity index (χ2n) is 6.40. The maximum Gasteiger partial charge on any atom is 0.262 e. The average Bonchev–Trinajstić information content (AvgIpc) is 3.08. The van der Waals surface area contributed by atoms with Crippen LogP contribution < -0.4 is 10.2 Å². The highest BCUT2D eigenvalue weighted by molar-refractivity contribution is 7.89. The molecule has 0 aliphatic heterocycles. The molecule has 0 aliphatic carbocycles. The molecule has 0 radical (unpaired) electrons. The molecule has 1 amide bonds. The number of carbonyl (C=O) groups is 1. The van der Waals surface area contributed by atoms with Crippen LogP contribution in [0.1, 0.15) is 23.7 Å². The summed E-state index contributed by atoms with van der Waals surface area (Å²) < 4.78 is 31.2. The summed E-state index contributed by atoms with van der Waals surface area (Å²) >= 11 is 0. The van der Waals surface area contributed by atoms with Gasteiger partial charge in [0, 0.05) is 25.3 Å². The van der Waals surface area contributed by atoms with Gasteiger partial charge in [-0.3, -0.25) is 14.9 Å². The van der Waals surface area contributed by atoms with Crippen molar-refractivity contribution in [2.45, 2.75) is 24.8 Å². The van der Waals surface area contributed by atoms with E-state index < -0.39 is 10.0 Å². The van der Waals surface area contributed by atoms with Crippen molar-refractivity contribution in [1.29, 1.82) is 0 Å². The van der Waals surface area contributed by atoms with E-state index in [1.807, 2.05) is 40.6 Å². The van der Waals surface area contributed by atoms with Crippen LogP contribution in [0.4, 0.5) is 5.95 Å². The van der Waals surface area contributed by atoms with Crippen molar-refractivity contribution in [3.05, 3.63) is 54.1 Å². The number of hydrogen-bond acceptors (Lipinski definition) is 6. The Morgan fingerprint density at radius 3 is 2.57 bits per heavy atom. The summed E-state index contributed by atoms with van der Waals surface area (Å²) in [5, 5.41) is 2.82. The lowest BCUT2D eigenvalue weighted by atomic mass is 10.2. The van der Waals surface area contributed by atoms with Gasteiger partial charge in [0.05, 0.1) is 23.0 Å². The molecule has 0 saturated heterocycles. The van der Waals surface area contributed by atoms with Crippen LogP contribution in [0.25, 0.3) is 11.0 Å². The fraction of sp³-hybridized carbons (Fsp3) is 0.300. The molecule has 30 heavy (non-hydrogen) atoms. The van der Waals surface area contributed by atoms with Crippen LogP contribution in [0.15, 0.2) is 53.4 Å². The van der Waals surface area contributed by atoms with E-state index in [1.54, 1.807) is 0 Å². The van der Waals surface area contributed by atoms with Crippen LogP contribution in [0.3, 0.4) is 0 Å². The number of para-hydroxylation sites is 2. The van der Waals surface area contributed by atoms with Crippen LogP contribution >= 0.6 is 0 Å². The van der Waals surface area contributed by atoms with Gasteiger partial charge in [0.25, 0.3) is 15.9 Å². The first-order valence-corrected chi connectivity index (χ1v) is 10.9. The number of ether oxygens (including phenoxy) is 1. The zero-order valence-corrected chi connectivity index (χ0v) is 17.6. The third-order valence-corrected chi connectivity index (χ3v) is 5.65. The molecule has 0 aliphatic rings. The van der Waals surface area contributed by atoms with E-state index in [0.29, 0.717) is 31.3 Å². The van der Waals surface area contributed by atoms with Gasteiger partial charge < -0.3 is 9.30 Å².